The van der Waals surface area contributed by atoms with Gasteiger partial charge in [0.1, 0.15) is 38.1 Å². The number of aromatic nitrogens is 2. The van der Waals surface area contributed by atoms with Crippen molar-refractivity contribution in [3.8, 4) is 0 Å². The highest BCUT2D eigenvalue weighted by Crippen LogP contribution is 2.40. The number of carbonyl (C=O) groups excluding carboxylic acids is 5. The molecule has 0 spiro atoms. The molecule has 1 aliphatic rings. The minimum absolute atomic E-state index is 0.0172. The lowest BCUT2D eigenvalue weighted by Crippen LogP contribution is -2.33. The molecule has 1 saturated heterocycles. The van der Waals surface area contributed by atoms with Crippen LogP contribution in [0.25, 0.3) is 21.5 Å². The number of aliphatic hydroxyl groups is 1. The molecule has 35 nitrogen and oxygen atoms in total. The van der Waals surface area contributed by atoms with Gasteiger partial charge in [-0.2, -0.15) is 50.5 Å². The Labute approximate surface area is 581 Å². The molecule has 1 aliphatic heterocycles. The van der Waals surface area contributed by atoms with Crippen molar-refractivity contribution in [3.63, 3.8) is 0 Å². The molecule has 9 aromatic rings. The maximum atomic E-state index is 13.7. The predicted molar refractivity (Wildman–Crippen MR) is 363 cm³/mol. The summed E-state index contributed by atoms with van der Waals surface area (Å²) in [5.74, 6) is -3.56. The number of hydrogen-bond donors (Lipinski definition) is 14. The average molecular weight is 1540 g/mol. The van der Waals surface area contributed by atoms with E-state index in [2.05, 4.69) is 36.9 Å². The number of halogens is 1. The fourth-order valence-electron chi connectivity index (χ4n) is 10.3. The summed E-state index contributed by atoms with van der Waals surface area (Å²) in [4.78, 5) is 85.6. The topological polar surface area (TPSA) is 568 Å². The Balaban J connectivity index is 0.000000630. The Kier molecular flexibility index (Phi) is 21.6. The number of aliphatic hydroxyl groups excluding tert-OH is 1. The van der Waals surface area contributed by atoms with Crippen molar-refractivity contribution in [3.05, 3.63) is 199 Å². The predicted octanol–water partition coefficient (Wildman–Crippen LogP) is 6.21. The van der Waals surface area contributed by atoms with Gasteiger partial charge in [0.25, 0.3) is 89.9 Å². The number of nitrogens with zero attached hydrogens (tertiary/aromatic N) is 1. The molecule has 103 heavy (non-hydrogen) atoms. The molecule has 1 fully saturated rings. The summed E-state index contributed by atoms with van der Waals surface area (Å²) >= 11 is 0. The van der Waals surface area contributed by atoms with Gasteiger partial charge in [-0.3, -0.25) is 60.8 Å². The second-order valence-corrected chi connectivity index (χ2v) is 30.8. The number of carbonyl (C=O) groups is 5. The van der Waals surface area contributed by atoms with Crippen LogP contribution in [0.2, 0.25) is 0 Å². The molecule has 0 aliphatic carbocycles. The largest absolute Gasteiger partial charge is 0.394 e. The minimum atomic E-state index is -5.45. The third-order valence-corrected chi connectivity index (χ3v) is 20.5. The molecule has 1 aromatic heterocycles. The molecular weight excluding hydrogens is 1490 g/mol. The van der Waals surface area contributed by atoms with E-state index in [1.165, 1.54) is 91.1 Å². The zero-order valence-corrected chi connectivity index (χ0v) is 57.4. The van der Waals surface area contributed by atoms with E-state index in [-0.39, 0.29) is 51.4 Å². The molecule has 6 amide bonds. The first-order valence-corrected chi connectivity index (χ1v) is 37.5. The summed E-state index contributed by atoms with van der Waals surface area (Å²) in [5.41, 5.74) is -1.16. The number of anilines is 6. The quantitative estimate of drug-likeness (QED) is 0.0425. The van der Waals surface area contributed by atoms with Gasteiger partial charge in [-0.05, 0) is 141 Å². The molecule has 10 rings (SSSR count). The van der Waals surface area contributed by atoms with Crippen molar-refractivity contribution < 1.29 is 116 Å². The number of aryl methyl sites for hydroxylation is 3. The molecule has 542 valence electrons. The molecule has 0 unspecified atom stereocenters. The highest BCUT2D eigenvalue weighted by atomic mass is 32.2. The fourth-order valence-corrected chi connectivity index (χ4v) is 14.4. The Hall–Kier alpha value is -10.6. The number of fused-ring (bicyclic) bond motifs is 2. The van der Waals surface area contributed by atoms with Crippen LogP contribution in [0.4, 0.5) is 43.3 Å². The molecule has 8 aromatic carbocycles. The fraction of sp³-hybridized carbons (Fsp3) is 0.131. The summed E-state index contributed by atoms with van der Waals surface area (Å²) in [5, 5.41) is 20.6. The van der Waals surface area contributed by atoms with Crippen LogP contribution in [0.15, 0.2) is 179 Å². The number of ether oxygens (including phenoxy) is 1. The summed E-state index contributed by atoms with van der Waals surface area (Å²) in [6, 6.07) is 22.6. The van der Waals surface area contributed by atoms with Crippen molar-refractivity contribution in [1.29, 1.82) is 0 Å². The maximum absolute atomic E-state index is 13.7. The molecule has 42 heteroatoms. The summed E-state index contributed by atoms with van der Waals surface area (Å²) < 4.78 is 226. The van der Waals surface area contributed by atoms with Gasteiger partial charge in [-0.15, -0.1) is 0 Å². The number of urea groups is 1. The van der Waals surface area contributed by atoms with Gasteiger partial charge < -0.3 is 41.7 Å². The van der Waals surface area contributed by atoms with Gasteiger partial charge in [0.2, 0.25) is 0 Å². The number of rotatable bonds is 18. The van der Waals surface area contributed by atoms with E-state index in [9.17, 15) is 116 Å². The zero-order valence-electron chi connectivity index (χ0n) is 52.5. The van der Waals surface area contributed by atoms with Crippen LogP contribution >= 0.6 is 0 Å². The number of amides is 6. The van der Waals surface area contributed by atoms with E-state index in [0.29, 0.717) is 53.1 Å². The molecule has 0 bridgehead atoms. The number of benzene rings is 8. The van der Waals surface area contributed by atoms with E-state index >= 15 is 0 Å². The summed E-state index contributed by atoms with van der Waals surface area (Å²) in [6.07, 6.45) is -1.71. The minimum Gasteiger partial charge on any atom is -0.394 e. The van der Waals surface area contributed by atoms with Crippen molar-refractivity contribution >= 4 is 146 Å². The number of H-pyrrole nitrogens is 1. The standard InChI is InChI=1S/C51H40N6O23S6.C10H13FN2O4/c1-25-9-11-29(49(60)54-37-13-15-41(83(69,70)71)35-21-33(81(63,64)65)23-43(45(35)37)85(75,76)77)19-39(25)56-47(58)27-5-3-7-31(17-27)52-51(62)53-32-8-4-6-28(18-32)48(59)57-40-20-30(12-10-26(40)2)50(61)55-38-14-16-42(84(72,73)74)36-22-34(82(66,67)68)24-44(46(36)38)86(78,79)80;1-5-3-13(10(16)12-9(5)15)8-2-6(11)7(4-14)17-8/h3-24H,1-2H3,(H,54,60)(H,55,61)(H,56,58)(H,57,59)(H2,52,53,62)(H,63,64,65)(H,66,67,68)(H,69,70,71)(H,72,73,74)(H,75,76,77)(H,78,79,80);3,6-8,14H,2,4H2,1H3,(H,12,15,16)/t;6-,7+,8+/m.0/s1. The number of alkyl halides is 1. The Morgan fingerprint density at radius 3 is 1.20 bits per heavy atom. The Morgan fingerprint density at radius 2 is 0.845 bits per heavy atom. The third kappa shape index (κ3) is 17.7. The van der Waals surface area contributed by atoms with Crippen molar-refractivity contribution in [2.24, 2.45) is 0 Å². The lowest BCUT2D eigenvalue weighted by molar-refractivity contribution is -0.0356. The van der Waals surface area contributed by atoms with Crippen LogP contribution in [-0.2, 0) is 65.4 Å². The van der Waals surface area contributed by atoms with Crippen molar-refractivity contribution in [2.75, 3.05) is 38.5 Å². The van der Waals surface area contributed by atoms with Crippen LogP contribution in [0.1, 0.15) is 70.8 Å². The molecule has 3 atom stereocenters. The number of nitrogens with one attached hydrogen (secondary N) is 7. The van der Waals surface area contributed by atoms with Crippen molar-refractivity contribution in [1.82, 2.24) is 9.55 Å². The highest BCUT2D eigenvalue weighted by molar-refractivity contribution is 7.88. The molecule has 0 saturated carbocycles. The normalized spacial score (nSPS) is 15.0. The first-order valence-electron chi connectivity index (χ1n) is 28.8. The van der Waals surface area contributed by atoms with Gasteiger partial charge in [0.15, 0.2) is 0 Å². The average Bonchev–Trinajstić information content (AvgIpc) is 1.07. The van der Waals surface area contributed by atoms with Crippen LogP contribution in [0.3, 0.4) is 0 Å². The smallest absolute Gasteiger partial charge is 0.330 e. The Bertz CT molecular complexity index is 5650. The van der Waals surface area contributed by atoms with Crippen LogP contribution in [0.5, 0.6) is 0 Å². The second-order valence-electron chi connectivity index (χ2n) is 22.4. The van der Waals surface area contributed by atoms with Crippen LogP contribution in [-0.4, -0.2) is 141 Å². The van der Waals surface area contributed by atoms with Gasteiger partial charge >= 0.3 is 11.7 Å². The summed E-state index contributed by atoms with van der Waals surface area (Å²) in [6.45, 7) is 4.22. The SMILES string of the molecule is Cc1ccc(C(=O)Nc2ccc(S(=O)(=O)O)c3cc(S(=O)(=O)O)cc(S(=O)(=O)O)c23)cc1NC(=O)c1cccc(NC(=O)Nc2cccc(C(=O)Nc3cc(C(=O)Nc4ccc(S(=O)(=O)O)c5cc(S(=O)(=O)O)cc(S(=O)(=O)O)c45)ccc3C)c2)c1.Cc1cn([C@H]2C[C@H](F)[C@@H](CO)O2)c(=O)[nH]c1=O. The maximum Gasteiger partial charge on any atom is 0.330 e. The van der Waals surface area contributed by atoms with E-state index in [1.54, 1.807) is 20.8 Å². The van der Waals surface area contributed by atoms with Gasteiger partial charge in [0, 0.05) is 84.7 Å². The van der Waals surface area contributed by atoms with Crippen molar-refractivity contribution in [2.45, 2.75) is 75.1 Å². The third-order valence-electron chi connectivity index (χ3n) is 15.3. The van der Waals surface area contributed by atoms with E-state index in [1.807, 2.05) is 0 Å². The first-order chi connectivity index (χ1) is 47.8. The first kappa shape index (κ1) is 76.6. The van der Waals surface area contributed by atoms with Gasteiger partial charge in [-0.1, -0.05) is 24.3 Å². The molecular formula is C61H53FN8O27S6. The lowest BCUT2D eigenvalue weighted by Gasteiger charge is -2.16. The van der Waals surface area contributed by atoms with Crippen LogP contribution in [0, 0.1) is 20.8 Å². The van der Waals surface area contributed by atoms with Gasteiger partial charge in [0.05, 0.1) is 27.8 Å². The molecule has 2 heterocycles. The Morgan fingerprint density at radius 1 is 0.466 bits per heavy atom. The monoisotopic (exact) mass is 1540 g/mol. The van der Waals surface area contributed by atoms with E-state index in [4.69, 9.17) is 9.84 Å². The second kappa shape index (κ2) is 29.0. The highest BCUT2D eigenvalue weighted by Gasteiger charge is 2.37. The van der Waals surface area contributed by atoms with Crippen LogP contribution < -0.4 is 43.1 Å². The molecule has 14 N–H and O–H groups in total. The zero-order chi connectivity index (χ0) is 76.0. The van der Waals surface area contributed by atoms with E-state index < -0.39 is 189 Å². The lowest BCUT2D eigenvalue weighted by atomic mass is 10.1. The molecule has 0 radical (unpaired) electrons. The summed E-state index contributed by atoms with van der Waals surface area (Å²) in [7, 11) is -31.9. The van der Waals surface area contributed by atoms with Gasteiger partial charge in [-0.25, -0.2) is 14.0 Å². The van der Waals surface area contributed by atoms with E-state index in [0.717, 1.165) is 16.7 Å². The number of hydrogen-bond acceptors (Lipinski definition) is 21. The number of aromatic amines is 1.